The lowest BCUT2D eigenvalue weighted by Crippen LogP contribution is -2.48. The Morgan fingerprint density at radius 1 is 0.949 bits per heavy atom. The van der Waals surface area contributed by atoms with Gasteiger partial charge < -0.3 is 34.3 Å². The Labute approximate surface area is 243 Å². The van der Waals surface area contributed by atoms with Gasteiger partial charge in [-0.1, -0.05) is 83.3 Å². The second-order valence-corrected chi connectivity index (χ2v) is 12.5. The third-order valence-corrected chi connectivity index (χ3v) is 7.99. The van der Waals surface area contributed by atoms with Gasteiger partial charge in [0, 0.05) is 51.0 Å². The molecule has 3 heterocycles. The van der Waals surface area contributed by atoms with Gasteiger partial charge in [-0.05, 0) is 16.7 Å². The number of aliphatic hydroxyl groups excluding tert-OH is 1. The lowest BCUT2D eigenvalue weighted by Gasteiger charge is -2.41. The molecule has 11 heteroatoms. The molecular weight excluding hydrogens is 567 g/mol. The van der Waals surface area contributed by atoms with Crippen molar-refractivity contribution < 1.29 is 28.8 Å². The van der Waals surface area contributed by atoms with Crippen LogP contribution in [0.5, 0.6) is 0 Å². The van der Waals surface area contributed by atoms with Crippen molar-refractivity contribution >= 4 is 40.7 Å². The van der Waals surface area contributed by atoms with E-state index in [1.54, 1.807) is 0 Å². The van der Waals surface area contributed by atoms with Crippen molar-refractivity contribution in [2.45, 2.75) is 60.5 Å². The Morgan fingerprint density at radius 2 is 1.56 bits per heavy atom. The Morgan fingerprint density at radius 3 is 2.18 bits per heavy atom. The zero-order valence-corrected chi connectivity index (χ0v) is 23.8. The Hall–Kier alpha value is -1.46. The number of hydrogen-bond acceptors (Lipinski definition) is 7. The molecule has 3 fully saturated rings. The molecule has 0 aliphatic carbocycles. The predicted molar refractivity (Wildman–Crippen MR) is 147 cm³/mol. The maximum atomic E-state index is 11.9. The first kappa shape index (κ1) is 29.0. The average Bonchev–Trinajstić information content (AvgIpc) is 3.40. The molecule has 0 unspecified atom stereocenters. The lowest BCUT2D eigenvalue weighted by molar-refractivity contribution is -0.255. The van der Waals surface area contributed by atoms with Crippen molar-refractivity contribution in [3.05, 3.63) is 70.8 Å². The summed E-state index contributed by atoms with van der Waals surface area (Å²) in [7, 11) is 0. The number of carbonyl (C=O) groups excluding carboxylic acids is 1. The highest BCUT2D eigenvalue weighted by atomic mass is 35.6. The molecule has 3 atom stereocenters. The first-order valence-corrected chi connectivity index (χ1v) is 14.3. The smallest absolute Gasteiger partial charge is 0.272 e. The second-order valence-electron chi connectivity index (χ2n) is 10.2. The molecule has 212 valence electrons. The van der Waals surface area contributed by atoms with Crippen molar-refractivity contribution in [3.8, 4) is 0 Å². The molecule has 0 radical (unpaired) electrons. The van der Waals surface area contributed by atoms with Crippen LogP contribution in [-0.2, 0) is 36.9 Å². The molecule has 1 amide bonds. The van der Waals surface area contributed by atoms with Gasteiger partial charge in [0.05, 0.1) is 32.0 Å². The molecular formula is C28H33Cl3N2O6. The van der Waals surface area contributed by atoms with Gasteiger partial charge in [-0.15, -0.1) is 0 Å². The van der Waals surface area contributed by atoms with E-state index in [0.717, 1.165) is 54.7 Å². The minimum absolute atomic E-state index is 0.00148. The van der Waals surface area contributed by atoms with Crippen LogP contribution in [0.15, 0.2) is 48.5 Å². The molecule has 2 N–H and O–H groups in total. The van der Waals surface area contributed by atoms with E-state index in [9.17, 15) is 9.90 Å². The molecule has 5 rings (SSSR count). The first-order chi connectivity index (χ1) is 18.7. The number of nitrogens with zero attached hydrogens (tertiary/aromatic N) is 1. The van der Waals surface area contributed by atoms with E-state index in [0.29, 0.717) is 19.6 Å². The van der Waals surface area contributed by atoms with Crippen LogP contribution in [0.25, 0.3) is 0 Å². The number of rotatable bonds is 7. The van der Waals surface area contributed by atoms with Crippen molar-refractivity contribution in [3.63, 3.8) is 0 Å². The largest absolute Gasteiger partial charge is 0.392 e. The van der Waals surface area contributed by atoms with Crippen LogP contribution in [0.1, 0.15) is 53.9 Å². The normalized spacial score (nSPS) is 25.6. The van der Waals surface area contributed by atoms with Crippen LogP contribution in [-0.4, -0.2) is 64.4 Å². The molecule has 3 aliphatic heterocycles. The van der Waals surface area contributed by atoms with Gasteiger partial charge in [0.25, 0.3) is 9.70 Å². The summed E-state index contributed by atoms with van der Waals surface area (Å²) in [6, 6.07) is 15.5. The number of hydrogen-bond donors (Lipinski definition) is 2. The van der Waals surface area contributed by atoms with Crippen molar-refractivity contribution in [1.82, 2.24) is 10.2 Å². The maximum Gasteiger partial charge on any atom is 0.272 e. The molecule has 0 bridgehead atoms. The molecule has 2 aromatic rings. The molecule has 39 heavy (non-hydrogen) atoms. The number of halogens is 3. The average molecular weight is 600 g/mol. The van der Waals surface area contributed by atoms with E-state index in [2.05, 4.69) is 10.2 Å². The molecule has 1 spiro atoms. The van der Waals surface area contributed by atoms with Gasteiger partial charge in [0.15, 0.2) is 12.1 Å². The standard InChI is InChI=1S/C28H33Cl3N2O6/c29-28(30,31)26(35)32-16-19-1-7-22(8-2-19)25-38-23(15-24(39-25)21-5-3-20(18-34)4-6-21)17-33-11-9-27(10-12-33)36-13-14-37-27/h1-8,23-25,34H,9-18H2,(H,32,35)/t23-,24+,25+/m0/s1. The van der Waals surface area contributed by atoms with Crippen molar-refractivity contribution in [2.24, 2.45) is 0 Å². The number of carbonyl (C=O) groups is 1. The quantitative estimate of drug-likeness (QED) is 0.452. The summed E-state index contributed by atoms with van der Waals surface area (Å²) in [6.45, 7) is 4.11. The Kier molecular flexibility index (Phi) is 9.38. The number of benzene rings is 2. The number of nitrogens with one attached hydrogen (secondary N) is 1. The molecule has 3 saturated heterocycles. The number of alkyl halides is 3. The van der Waals surface area contributed by atoms with Crippen molar-refractivity contribution in [1.29, 1.82) is 0 Å². The zero-order valence-electron chi connectivity index (χ0n) is 21.5. The molecule has 8 nitrogen and oxygen atoms in total. The summed E-state index contributed by atoms with van der Waals surface area (Å²) in [5.41, 5.74) is 3.62. The van der Waals surface area contributed by atoms with Gasteiger partial charge in [-0.25, -0.2) is 0 Å². The van der Waals surface area contributed by atoms with E-state index in [-0.39, 0.29) is 25.4 Å². The highest BCUT2D eigenvalue weighted by Crippen LogP contribution is 2.39. The van der Waals surface area contributed by atoms with E-state index >= 15 is 0 Å². The topological polar surface area (TPSA) is 89.5 Å². The number of ether oxygens (including phenoxy) is 4. The van der Waals surface area contributed by atoms with Crippen LogP contribution in [0, 0.1) is 0 Å². The van der Waals surface area contributed by atoms with Crippen LogP contribution in [0.2, 0.25) is 0 Å². The van der Waals surface area contributed by atoms with E-state index < -0.39 is 21.8 Å². The number of aliphatic hydroxyl groups is 1. The lowest BCUT2D eigenvalue weighted by atomic mass is 9.98. The van der Waals surface area contributed by atoms with Crippen LogP contribution in [0.3, 0.4) is 0 Å². The van der Waals surface area contributed by atoms with Gasteiger partial charge in [0.1, 0.15) is 0 Å². The molecule has 2 aromatic carbocycles. The van der Waals surface area contributed by atoms with E-state index in [1.807, 2.05) is 48.5 Å². The summed E-state index contributed by atoms with van der Waals surface area (Å²) in [5.74, 6) is -1.09. The molecule has 0 saturated carbocycles. The first-order valence-electron chi connectivity index (χ1n) is 13.2. The van der Waals surface area contributed by atoms with Gasteiger partial charge in [-0.3, -0.25) is 4.79 Å². The number of amides is 1. The second kappa shape index (κ2) is 12.6. The van der Waals surface area contributed by atoms with Crippen molar-refractivity contribution in [2.75, 3.05) is 32.8 Å². The third-order valence-electron chi connectivity index (χ3n) is 7.47. The monoisotopic (exact) mass is 598 g/mol. The fraction of sp³-hybridized carbons (Fsp3) is 0.536. The third kappa shape index (κ3) is 7.44. The van der Waals surface area contributed by atoms with E-state index in [4.69, 9.17) is 53.8 Å². The SMILES string of the molecule is O=C(NCc1ccc([C@@H]2O[C@H](CN3CCC4(CC3)OCCO4)C[C@H](c3ccc(CO)cc3)O2)cc1)C(Cl)(Cl)Cl. The fourth-order valence-corrected chi connectivity index (χ4v) is 5.46. The number of piperidine rings is 1. The predicted octanol–water partition coefficient (Wildman–Crippen LogP) is 4.55. The van der Waals surface area contributed by atoms with Gasteiger partial charge in [-0.2, -0.15) is 0 Å². The number of likely N-dealkylation sites (tertiary alicyclic amines) is 1. The highest BCUT2D eigenvalue weighted by Gasteiger charge is 2.41. The minimum Gasteiger partial charge on any atom is -0.392 e. The summed E-state index contributed by atoms with van der Waals surface area (Å²) in [5, 5.41) is 12.1. The Balaban J connectivity index is 1.26. The van der Waals surface area contributed by atoms with Crippen LogP contribution >= 0.6 is 34.8 Å². The van der Waals surface area contributed by atoms with Gasteiger partial charge in [0.2, 0.25) is 0 Å². The molecule has 3 aliphatic rings. The summed E-state index contributed by atoms with van der Waals surface area (Å²) >= 11 is 16.9. The molecule has 0 aromatic heterocycles. The van der Waals surface area contributed by atoms with Gasteiger partial charge >= 0.3 is 0 Å². The summed E-state index contributed by atoms with van der Waals surface area (Å²) in [4.78, 5) is 14.3. The summed E-state index contributed by atoms with van der Waals surface area (Å²) in [6.07, 6.45) is 1.64. The maximum absolute atomic E-state index is 11.9. The Bertz CT molecular complexity index is 1100. The fourth-order valence-electron chi connectivity index (χ4n) is 5.26. The highest BCUT2D eigenvalue weighted by molar-refractivity contribution is 6.76. The van der Waals surface area contributed by atoms with Crippen LogP contribution < -0.4 is 5.32 Å². The zero-order chi connectivity index (χ0) is 27.5. The minimum atomic E-state index is -2.00. The summed E-state index contributed by atoms with van der Waals surface area (Å²) < 4.78 is 22.7. The van der Waals surface area contributed by atoms with Crippen LogP contribution in [0.4, 0.5) is 0 Å². The van der Waals surface area contributed by atoms with E-state index in [1.165, 1.54) is 0 Å².